The maximum atomic E-state index is 6.71. The SMILES string of the molecule is Cc1cc(-c2cnn3cc(N4CCC(N5CCN(C)CC5)CC4)c[n+](OC4CCOCC4)c23)c2ccccc2n1. The Morgan fingerprint density at radius 1 is 0.950 bits per heavy atom. The van der Waals surface area contributed by atoms with Crippen molar-refractivity contribution in [2.45, 2.75) is 44.8 Å². The average Bonchev–Trinajstić information content (AvgIpc) is 3.42. The Bertz CT molecular complexity index is 1480. The molecule has 0 spiro atoms. The highest BCUT2D eigenvalue weighted by Crippen LogP contribution is 2.31. The summed E-state index contributed by atoms with van der Waals surface area (Å²) >= 11 is 0. The van der Waals surface area contributed by atoms with Gasteiger partial charge in [0.25, 0.3) is 0 Å². The second-order valence-corrected chi connectivity index (χ2v) is 11.6. The number of piperidine rings is 1. The fourth-order valence-electron chi connectivity index (χ4n) is 6.59. The first kappa shape index (κ1) is 25.7. The lowest BCUT2D eigenvalue weighted by Gasteiger charge is -2.42. The number of nitrogens with zero attached hydrogens (tertiary/aromatic N) is 7. The maximum Gasteiger partial charge on any atom is 0.355 e. The summed E-state index contributed by atoms with van der Waals surface area (Å²) in [6.45, 7) is 10.3. The summed E-state index contributed by atoms with van der Waals surface area (Å²) in [5.74, 6) is 0. The minimum absolute atomic E-state index is 0.111. The van der Waals surface area contributed by atoms with E-state index in [-0.39, 0.29) is 6.10 Å². The molecule has 3 aliphatic heterocycles. The highest BCUT2D eigenvalue weighted by Gasteiger charge is 2.31. The van der Waals surface area contributed by atoms with Gasteiger partial charge in [-0.1, -0.05) is 27.8 Å². The third kappa shape index (κ3) is 5.02. The predicted octanol–water partition coefficient (Wildman–Crippen LogP) is 2.97. The first-order chi connectivity index (χ1) is 19.6. The first-order valence-corrected chi connectivity index (χ1v) is 14.8. The van der Waals surface area contributed by atoms with E-state index < -0.39 is 0 Å². The van der Waals surface area contributed by atoms with Crippen molar-refractivity contribution in [2.24, 2.45) is 0 Å². The molecule has 0 atom stereocenters. The molecule has 3 aromatic heterocycles. The van der Waals surface area contributed by atoms with Crippen LogP contribution in [0.5, 0.6) is 0 Å². The summed E-state index contributed by atoms with van der Waals surface area (Å²) < 4.78 is 9.61. The normalized spacial score (nSPS) is 20.5. The van der Waals surface area contributed by atoms with E-state index in [1.54, 1.807) is 0 Å². The molecule has 0 N–H and O–H groups in total. The number of anilines is 1. The molecule has 210 valence electrons. The molecular weight excluding hydrogens is 502 g/mol. The van der Waals surface area contributed by atoms with Crippen molar-refractivity contribution in [2.75, 3.05) is 64.4 Å². The Balaban J connectivity index is 1.23. The van der Waals surface area contributed by atoms with Gasteiger partial charge in [-0.15, -0.1) is 0 Å². The molecule has 0 aliphatic carbocycles. The maximum absolute atomic E-state index is 6.71. The van der Waals surface area contributed by atoms with Crippen LogP contribution in [0, 0.1) is 6.92 Å². The molecular formula is C31H40N7O2+. The number of ether oxygens (including phenoxy) is 1. The van der Waals surface area contributed by atoms with Gasteiger partial charge in [-0.25, -0.2) is 0 Å². The van der Waals surface area contributed by atoms with Crippen LogP contribution in [0.2, 0.25) is 0 Å². The molecule has 1 aromatic carbocycles. The lowest BCUT2D eigenvalue weighted by molar-refractivity contribution is -0.881. The van der Waals surface area contributed by atoms with Gasteiger partial charge >= 0.3 is 5.65 Å². The summed E-state index contributed by atoms with van der Waals surface area (Å²) in [6.07, 6.45) is 10.6. The zero-order chi connectivity index (χ0) is 27.1. The van der Waals surface area contributed by atoms with Crippen LogP contribution in [0.1, 0.15) is 31.4 Å². The number of hydrogen-bond acceptors (Lipinski definition) is 7. The molecule has 0 amide bonds. The minimum Gasteiger partial charge on any atom is -0.381 e. The van der Waals surface area contributed by atoms with Crippen LogP contribution in [0.4, 0.5) is 5.69 Å². The standard InChI is InChI=1S/C31H40N7O2/c1-23-19-28(27-5-3-4-6-30(27)33-23)29-20-32-37-21-25(22-38(31(29)37)40-26-9-17-39-18-10-26)35-11-7-24(8-12-35)36-15-13-34(2)14-16-36/h3-6,19-22,24,26H,7-18H2,1-2H3/q+1. The Labute approximate surface area is 235 Å². The van der Waals surface area contributed by atoms with Gasteiger partial charge < -0.3 is 19.4 Å². The summed E-state index contributed by atoms with van der Waals surface area (Å²) in [7, 11) is 2.23. The number of para-hydroxylation sites is 1. The van der Waals surface area contributed by atoms with Gasteiger partial charge in [-0.2, -0.15) is 0 Å². The second kappa shape index (κ2) is 11.0. The monoisotopic (exact) mass is 542 g/mol. The van der Waals surface area contributed by atoms with Crippen LogP contribution in [0.3, 0.4) is 0 Å². The Kier molecular flexibility index (Phi) is 7.03. The van der Waals surface area contributed by atoms with Gasteiger partial charge in [0.05, 0.1) is 24.9 Å². The number of piperazine rings is 1. The highest BCUT2D eigenvalue weighted by atomic mass is 16.7. The van der Waals surface area contributed by atoms with Crippen molar-refractivity contribution >= 4 is 22.2 Å². The Morgan fingerprint density at radius 3 is 2.52 bits per heavy atom. The fourth-order valence-corrected chi connectivity index (χ4v) is 6.59. The summed E-state index contributed by atoms with van der Waals surface area (Å²) in [5, 5.41) is 5.99. The van der Waals surface area contributed by atoms with Crippen molar-refractivity contribution < 1.29 is 14.3 Å². The zero-order valence-corrected chi connectivity index (χ0v) is 23.7. The molecule has 9 nitrogen and oxygen atoms in total. The summed E-state index contributed by atoms with van der Waals surface area (Å²) in [5.41, 5.74) is 6.26. The number of benzene rings is 1. The van der Waals surface area contributed by atoms with Gasteiger partial charge in [-0.3, -0.25) is 9.88 Å². The van der Waals surface area contributed by atoms with Crippen molar-refractivity contribution in [3.8, 4) is 11.1 Å². The molecule has 0 bridgehead atoms. The van der Waals surface area contributed by atoms with E-state index in [0.717, 1.165) is 78.2 Å². The van der Waals surface area contributed by atoms with E-state index >= 15 is 0 Å². The molecule has 40 heavy (non-hydrogen) atoms. The van der Waals surface area contributed by atoms with E-state index in [0.29, 0.717) is 6.04 Å². The molecule has 3 fully saturated rings. The van der Waals surface area contributed by atoms with Crippen molar-refractivity contribution in [3.63, 3.8) is 0 Å². The molecule has 3 saturated heterocycles. The number of likely N-dealkylation sites (N-methyl/N-ethyl adjacent to an activating group) is 1. The molecule has 0 radical (unpaired) electrons. The van der Waals surface area contributed by atoms with Crippen LogP contribution < -0.4 is 14.5 Å². The highest BCUT2D eigenvalue weighted by molar-refractivity contribution is 5.97. The average molecular weight is 543 g/mol. The predicted molar refractivity (Wildman–Crippen MR) is 156 cm³/mol. The van der Waals surface area contributed by atoms with Crippen LogP contribution in [-0.4, -0.2) is 96.1 Å². The quantitative estimate of drug-likeness (QED) is 0.360. The van der Waals surface area contributed by atoms with Crippen LogP contribution in [0.15, 0.2) is 48.9 Å². The Morgan fingerprint density at radius 2 is 1.73 bits per heavy atom. The van der Waals surface area contributed by atoms with Gasteiger partial charge in [0.2, 0.25) is 0 Å². The van der Waals surface area contributed by atoms with Gasteiger partial charge in [-0.05, 0) is 43.7 Å². The fraction of sp³-hybridized carbons (Fsp3) is 0.516. The van der Waals surface area contributed by atoms with Crippen molar-refractivity contribution in [1.29, 1.82) is 0 Å². The summed E-state index contributed by atoms with van der Waals surface area (Å²) in [6, 6.07) is 11.2. The second-order valence-electron chi connectivity index (χ2n) is 11.6. The third-order valence-electron chi connectivity index (χ3n) is 8.93. The van der Waals surface area contributed by atoms with E-state index in [9.17, 15) is 0 Å². The Hall–Kier alpha value is -3.27. The molecule has 0 unspecified atom stereocenters. The molecule has 9 heteroatoms. The van der Waals surface area contributed by atoms with Crippen LogP contribution in [0.25, 0.3) is 27.7 Å². The molecule has 6 heterocycles. The molecule has 3 aliphatic rings. The van der Waals surface area contributed by atoms with E-state index in [4.69, 9.17) is 19.7 Å². The topological polar surface area (TPSA) is 62.2 Å². The minimum atomic E-state index is 0.111. The largest absolute Gasteiger partial charge is 0.381 e. The van der Waals surface area contributed by atoms with Gasteiger partial charge in [0.1, 0.15) is 17.4 Å². The number of hydrogen-bond donors (Lipinski definition) is 0. The number of aryl methyl sites for hydroxylation is 1. The van der Waals surface area contributed by atoms with Crippen molar-refractivity contribution in [1.82, 2.24) is 24.4 Å². The number of pyridine rings is 1. The van der Waals surface area contributed by atoms with E-state index in [1.807, 2.05) is 21.5 Å². The smallest absolute Gasteiger partial charge is 0.355 e. The van der Waals surface area contributed by atoms with Crippen LogP contribution >= 0.6 is 0 Å². The molecule has 7 rings (SSSR count). The lowest BCUT2D eigenvalue weighted by Crippen LogP contribution is -2.53. The zero-order valence-electron chi connectivity index (χ0n) is 23.7. The number of fused-ring (bicyclic) bond motifs is 2. The summed E-state index contributed by atoms with van der Waals surface area (Å²) in [4.78, 5) is 19.1. The number of aromatic nitrogens is 4. The van der Waals surface area contributed by atoms with E-state index in [2.05, 4.69) is 65.3 Å². The van der Waals surface area contributed by atoms with Crippen LogP contribution in [-0.2, 0) is 4.74 Å². The van der Waals surface area contributed by atoms with Gasteiger partial charge in [0.15, 0.2) is 12.3 Å². The number of rotatable bonds is 5. The third-order valence-corrected chi connectivity index (χ3v) is 8.93. The molecule has 0 saturated carbocycles. The van der Waals surface area contributed by atoms with Gasteiger partial charge in [0, 0.05) is 74.8 Å². The lowest BCUT2D eigenvalue weighted by atomic mass is 10.0. The molecule has 4 aromatic rings. The van der Waals surface area contributed by atoms with Crippen molar-refractivity contribution in [3.05, 3.63) is 54.6 Å². The first-order valence-electron chi connectivity index (χ1n) is 14.8. The van der Waals surface area contributed by atoms with E-state index in [1.165, 1.54) is 39.0 Å².